The molecular weight excluding hydrogens is 140 g/mol. The first-order valence-electron chi connectivity index (χ1n) is 4.42. The van der Waals surface area contributed by atoms with Gasteiger partial charge < -0.3 is 4.74 Å². The fraction of sp³-hybridized carbons (Fsp3) is 0.889. The summed E-state index contributed by atoms with van der Waals surface area (Å²) < 4.78 is 4.94. The summed E-state index contributed by atoms with van der Waals surface area (Å²) in [5.74, 6) is 0.620. The van der Waals surface area contributed by atoms with Crippen LogP contribution in [0, 0.1) is 11.8 Å². The van der Waals surface area contributed by atoms with Gasteiger partial charge in [-0.05, 0) is 6.42 Å². The SMILES string of the molecule is CCCC[C@@H]1COC(=O)[C@@H]1C. The lowest BCUT2D eigenvalue weighted by Crippen LogP contribution is -2.11. The van der Waals surface area contributed by atoms with Crippen molar-refractivity contribution in [2.24, 2.45) is 11.8 Å². The summed E-state index contributed by atoms with van der Waals surface area (Å²) in [6.07, 6.45) is 3.56. The number of carbonyl (C=O) groups excluding carboxylic acids is 1. The predicted octanol–water partition coefficient (Wildman–Crippen LogP) is 1.99. The fourth-order valence-corrected chi connectivity index (χ4v) is 1.46. The molecule has 1 heterocycles. The van der Waals surface area contributed by atoms with Gasteiger partial charge in [-0.25, -0.2) is 0 Å². The highest BCUT2D eigenvalue weighted by Crippen LogP contribution is 2.25. The molecule has 64 valence electrons. The first-order chi connectivity index (χ1) is 5.25. The Morgan fingerprint density at radius 1 is 1.64 bits per heavy atom. The molecule has 0 bridgehead atoms. The van der Waals surface area contributed by atoms with Crippen LogP contribution < -0.4 is 0 Å². The molecule has 0 radical (unpaired) electrons. The smallest absolute Gasteiger partial charge is 0.309 e. The van der Waals surface area contributed by atoms with E-state index in [1.54, 1.807) is 0 Å². The van der Waals surface area contributed by atoms with Crippen LogP contribution in [0.25, 0.3) is 0 Å². The van der Waals surface area contributed by atoms with Crippen LogP contribution in [0.1, 0.15) is 33.1 Å². The second-order valence-electron chi connectivity index (χ2n) is 3.32. The molecule has 2 atom stereocenters. The first-order valence-corrected chi connectivity index (χ1v) is 4.42. The summed E-state index contributed by atoms with van der Waals surface area (Å²) in [6.45, 7) is 4.79. The summed E-state index contributed by atoms with van der Waals surface area (Å²) in [5, 5.41) is 0. The van der Waals surface area contributed by atoms with Crippen molar-refractivity contribution >= 4 is 5.97 Å². The van der Waals surface area contributed by atoms with Gasteiger partial charge in [0.25, 0.3) is 0 Å². The van der Waals surface area contributed by atoms with Crippen molar-refractivity contribution in [3.63, 3.8) is 0 Å². The molecule has 1 rings (SSSR count). The van der Waals surface area contributed by atoms with E-state index in [0.29, 0.717) is 12.5 Å². The molecule has 1 saturated heterocycles. The Labute approximate surface area is 67.9 Å². The van der Waals surface area contributed by atoms with Gasteiger partial charge in [-0.15, -0.1) is 0 Å². The van der Waals surface area contributed by atoms with Crippen molar-refractivity contribution in [2.75, 3.05) is 6.61 Å². The number of cyclic esters (lactones) is 1. The third kappa shape index (κ3) is 1.95. The zero-order valence-electron chi connectivity index (χ0n) is 7.30. The van der Waals surface area contributed by atoms with Gasteiger partial charge in [0, 0.05) is 5.92 Å². The van der Waals surface area contributed by atoms with E-state index in [2.05, 4.69) is 6.92 Å². The lowest BCUT2D eigenvalue weighted by atomic mass is 9.92. The van der Waals surface area contributed by atoms with Gasteiger partial charge in [0.1, 0.15) is 0 Å². The Morgan fingerprint density at radius 2 is 2.36 bits per heavy atom. The van der Waals surface area contributed by atoms with E-state index >= 15 is 0 Å². The van der Waals surface area contributed by atoms with Gasteiger partial charge in [0.15, 0.2) is 0 Å². The molecule has 0 unspecified atom stereocenters. The Hall–Kier alpha value is -0.530. The van der Waals surface area contributed by atoms with Crippen LogP contribution in [0.2, 0.25) is 0 Å². The highest BCUT2D eigenvalue weighted by molar-refractivity contribution is 5.74. The average molecular weight is 156 g/mol. The Balaban J connectivity index is 2.30. The van der Waals surface area contributed by atoms with E-state index in [4.69, 9.17) is 4.74 Å². The van der Waals surface area contributed by atoms with Crippen LogP contribution in [0.4, 0.5) is 0 Å². The molecule has 1 aliphatic rings. The van der Waals surface area contributed by atoms with Crippen LogP contribution >= 0.6 is 0 Å². The monoisotopic (exact) mass is 156 g/mol. The van der Waals surface area contributed by atoms with Crippen LogP contribution in [0.5, 0.6) is 0 Å². The summed E-state index contributed by atoms with van der Waals surface area (Å²) in [5.41, 5.74) is 0. The number of ether oxygens (including phenoxy) is 1. The molecule has 11 heavy (non-hydrogen) atoms. The maximum absolute atomic E-state index is 10.9. The van der Waals surface area contributed by atoms with Crippen LogP contribution in [0.3, 0.4) is 0 Å². The molecule has 1 aliphatic heterocycles. The van der Waals surface area contributed by atoms with E-state index < -0.39 is 0 Å². The van der Waals surface area contributed by atoms with E-state index in [1.165, 1.54) is 12.8 Å². The number of esters is 1. The number of hydrogen-bond donors (Lipinski definition) is 0. The highest BCUT2D eigenvalue weighted by atomic mass is 16.5. The highest BCUT2D eigenvalue weighted by Gasteiger charge is 2.31. The second-order valence-corrected chi connectivity index (χ2v) is 3.32. The second kappa shape index (κ2) is 3.74. The summed E-state index contributed by atoms with van der Waals surface area (Å²) in [4.78, 5) is 10.9. The van der Waals surface area contributed by atoms with Crippen molar-refractivity contribution in [3.05, 3.63) is 0 Å². The minimum absolute atomic E-state index is 0.00824. The lowest BCUT2D eigenvalue weighted by Gasteiger charge is -2.08. The van der Waals surface area contributed by atoms with E-state index in [1.807, 2.05) is 6.92 Å². The zero-order chi connectivity index (χ0) is 8.27. The van der Waals surface area contributed by atoms with E-state index in [0.717, 1.165) is 6.42 Å². The largest absolute Gasteiger partial charge is 0.465 e. The third-order valence-electron chi connectivity index (χ3n) is 2.45. The quantitative estimate of drug-likeness (QED) is 0.584. The number of unbranched alkanes of at least 4 members (excludes halogenated alkanes) is 1. The lowest BCUT2D eigenvalue weighted by molar-refractivity contribution is -0.140. The molecule has 0 saturated carbocycles. The van der Waals surface area contributed by atoms with Gasteiger partial charge in [-0.3, -0.25) is 4.79 Å². The normalized spacial score (nSPS) is 30.5. The number of rotatable bonds is 3. The Bertz CT molecular complexity index is 142. The molecule has 0 aliphatic carbocycles. The van der Waals surface area contributed by atoms with Gasteiger partial charge in [0.2, 0.25) is 0 Å². The molecule has 0 aromatic heterocycles. The molecular formula is C9H16O2. The van der Waals surface area contributed by atoms with Gasteiger partial charge in [-0.2, -0.15) is 0 Å². The van der Waals surface area contributed by atoms with Crippen molar-refractivity contribution in [2.45, 2.75) is 33.1 Å². The van der Waals surface area contributed by atoms with Crippen LogP contribution in [-0.2, 0) is 9.53 Å². The Morgan fingerprint density at radius 3 is 2.82 bits per heavy atom. The van der Waals surface area contributed by atoms with Gasteiger partial charge >= 0.3 is 5.97 Å². The number of hydrogen-bond acceptors (Lipinski definition) is 2. The molecule has 0 aromatic carbocycles. The summed E-state index contributed by atoms with van der Waals surface area (Å²) in [6, 6.07) is 0. The molecule has 0 amide bonds. The van der Waals surface area contributed by atoms with Crippen molar-refractivity contribution in [1.29, 1.82) is 0 Å². The molecule has 2 nitrogen and oxygen atoms in total. The fourth-order valence-electron chi connectivity index (χ4n) is 1.46. The maximum Gasteiger partial charge on any atom is 0.309 e. The average Bonchev–Trinajstić information content (AvgIpc) is 2.31. The molecule has 0 N–H and O–H groups in total. The standard InChI is InChI=1S/C9H16O2/c1-3-4-5-8-6-11-9(10)7(8)2/h7-8H,3-6H2,1-2H3/t7-,8-/m1/s1. The van der Waals surface area contributed by atoms with Gasteiger partial charge in [0.05, 0.1) is 12.5 Å². The van der Waals surface area contributed by atoms with Crippen molar-refractivity contribution < 1.29 is 9.53 Å². The molecule has 2 heteroatoms. The zero-order valence-corrected chi connectivity index (χ0v) is 7.30. The third-order valence-corrected chi connectivity index (χ3v) is 2.45. The van der Waals surface area contributed by atoms with Crippen molar-refractivity contribution in [3.8, 4) is 0 Å². The topological polar surface area (TPSA) is 26.3 Å². The van der Waals surface area contributed by atoms with Crippen LogP contribution in [-0.4, -0.2) is 12.6 Å². The maximum atomic E-state index is 10.9. The van der Waals surface area contributed by atoms with E-state index in [9.17, 15) is 4.79 Å². The Kier molecular flexibility index (Phi) is 2.92. The molecule has 1 fully saturated rings. The minimum atomic E-state index is -0.00824. The summed E-state index contributed by atoms with van der Waals surface area (Å²) >= 11 is 0. The minimum Gasteiger partial charge on any atom is -0.465 e. The van der Waals surface area contributed by atoms with Crippen molar-refractivity contribution in [1.82, 2.24) is 0 Å². The van der Waals surface area contributed by atoms with Crippen LogP contribution in [0.15, 0.2) is 0 Å². The molecule has 0 spiro atoms. The predicted molar refractivity (Wildman–Crippen MR) is 43.1 cm³/mol. The number of carbonyl (C=O) groups is 1. The van der Waals surface area contributed by atoms with E-state index in [-0.39, 0.29) is 11.9 Å². The first kappa shape index (κ1) is 8.57. The summed E-state index contributed by atoms with van der Waals surface area (Å²) in [7, 11) is 0. The molecule has 0 aromatic rings. The van der Waals surface area contributed by atoms with Gasteiger partial charge in [-0.1, -0.05) is 26.7 Å².